The number of amides is 2. The molecule has 1 aliphatic heterocycles. The van der Waals surface area contributed by atoms with E-state index in [4.69, 9.17) is 5.11 Å². The van der Waals surface area contributed by atoms with E-state index in [2.05, 4.69) is 4.72 Å². The van der Waals surface area contributed by atoms with Crippen molar-refractivity contribution in [1.82, 2.24) is 9.62 Å². The summed E-state index contributed by atoms with van der Waals surface area (Å²) in [5, 5.41) is 28.3. The summed E-state index contributed by atoms with van der Waals surface area (Å²) < 4.78 is 68.4. The van der Waals surface area contributed by atoms with E-state index in [1.165, 1.54) is 32.2 Å². The van der Waals surface area contributed by atoms with E-state index in [9.17, 15) is 36.9 Å². The number of hydrogen-bond donors (Lipinski definition) is 2. The summed E-state index contributed by atoms with van der Waals surface area (Å²) in [5.41, 5.74) is -1.12. The van der Waals surface area contributed by atoms with E-state index in [0.717, 1.165) is 34.1 Å². The zero-order valence-corrected chi connectivity index (χ0v) is 20.6. The predicted molar refractivity (Wildman–Crippen MR) is 126 cm³/mol. The third kappa shape index (κ3) is 5.44. The van der Waals surface area contributed by atoms with Crippen LogP contribution in [0.2, 0.25) is 0 Å². The molecule has 194 valence electrons. The number of rotatable bonds is 7. The van der Waals surface area contributed by atoms with Crippen LogP contribution in [-0.2, 0) is 16.2 Å². The molecule has 2 N–H and O–H groups in total. The van der Waals surface area contributed by atoms with Crippen LogP contribution < -0.4 is 9.62 Å². The monoisotopic (exact) mass is 533 g/mol. The maximum Gasteiger partial charge on any atom is 0.416 e. The average molecular weight is 534 g/mol. The van der Waals surface area contributed by atoms with Crippen LogP contribution >= 0.6 is 0 Å². The lowest BCUT2D eigenvalue weighted by Crippen LogP contribution is -2.48. The third-order valence-corrected chi connectivity index (χ3v) is 7.30. The van der Waals surface area contributed by atoms with E-state index in [1.54, 1.807) is 0 Å². The Morgan fingerprint density at radius 3 is 2.43 bits per heavy atom. The Bertz CT molecular complexity index is 1440. The molecular formula is C24H22F3N5O4S. The molecule has 1 atom stereocenters. The zero-order valence-electron chi connectivity index (χ0n) is 19.7. The second-order valence-electron chi connectivity index (χ2n) is 8.13. The Morgan fingerprint density at radius 2 is 1.84 bits per heavy atom. The highest BCUT2D eigenvalue weighted by Gasteiger charge is 2.41. The van der Waals surface area contributed by atoms with Crippen LogP contribution in [0.5, 0.6) is 0 Å². The molecule has 0 saturated carbocycles. The van der Waals surface area contributed by atoms with E-state index in [-0.39, 0.29) is 52.6 Å². The Morgan fingerprint density at radius 1 is 1.14 bits per heavy atom. The maximum atomic E-state index is 13.4. The quantitative estimate of drug-likeness (QED) is 0.521. The van der Waals surface area contributed by atoms with Gasteiger partial charge in [-0.25, -0.2) is 17.9 Å². The van der Waals surface area contributed by atoms with Gasteiger partial charge in [0.15, 0.2) is 0 Å². The summed E-state index contributed by atoms with van der Waals surface area (Å²) in [7, 11) is -2.95. The van der Waals surface area contributed by atoms with Gasteiger partial charge in [-0.05, 0) is 43.7 Å². The molecule has 0 aliphatic carbocycles. The van der Waals surface area contributed by atoms with Gasteiger partial charge in [0, 0.05) is 31.5 Å². The molecule has 0 fully saturated rings. The van der Waals surface area contributed by atoms with Crippen molar-refractivity contribution >= 4 is 21.7 Å². The number of halogens is 3. The van der Waals surface area contributed by atoms with Crippen molar-refractivity contribution in [3.05, 3.63) is 70.4 Å². The Balaban J connectivity index is 2.21. The summed E-state index contributed by atoms with van der Waals surface area (Å²) in [6.07, 6.45) is -4.53. The van der Waals surface area contributed by atoms with Crippen molar-refractivity contribution in [2.75, 3.05) is 25.1 Å². The fourth-order valence-corrected chi connectivity index (χ4v) is 5.32. The van der Waals surface area contributed by atoms with Gasteiger partial charge in [-0.2, -0.15) is 23.7 Å². The first-order valence-electron chi connectivity index (χ1n) is 10.9. The van der Waals surface area contributed by atoms with Crippen molar-refractivity contribution in [3.8, 4) is 12.1 Å². The molecule has 0 aromatic heterocycles. The first-order valence-corrected chi connectivity index (χ1v) is 12.3. The number of sulfonamides is 1. The number of hydrogen-bond acceptors (Lipinski definition) is 6. The number of aliphatic hydroxyl groups excluding tert-OH is 1. The van der Waals surface area contributed by atoms with Gasteiger partial charge in [-0.3, -0.25) is 4.90 Å². The van der Waals surface area contributed by atoms with Crippen molar-refractivity contribution < 1.29 is 31.5 Å². The van der Waals surface area contributed by atoms with Gasteiger partial charge in [0.2, 0.25) is 10.0 Å². The highest BCUT2D eigenvalue weighted by Crippen LogP contribution is 2.41. The first-order chi connectivity index (χ1) is 17.4. The molecule has 3 rings (SSSR count). The van der Waals surface area contributed by atoms with Crippen molar-refractivity contribution in [1.29, 1.82) is 10.5 Å². The smallest absolute Gasteiger partial charge is 0.396 e. The number of anilines is 1. The number of carbonyl (C=O) groups is 1. The van der Waals surface area contributed by atoms with E-state index >= 15 is 0 Å². The van der Waals surface area contributed by atoms with E-state index in [1.807, 2.05) is 12.1 Å². The van der Waals surface area contributed by atoms with Gasteiger partial charge in [-0.15, -0.1) is 0 Å². The minimum absolute atomic E-state index is 0.0147. The van der Waals surface area contributed by atoms with Gasteiger partial charge in [0.1, 0.15) is 0 Å². The Hall–Kier alpha value is -3.91. The molecule has 13 heteroatoms. The number of likely N-dealkylation sites (N-methyl/N-ethyl adjacent to an activating group) is 1. The second kappa shape index (κ2) is 10.6. The predicted octanol–water partition coefficient (Wildman–Crippen LogP) is 3.65. The SMILES string of the molecule is CC1=C(C#N)[C@@H](c2ccc(C#N)cc2S(=O)(=O)NCCCO)N(C)C(=O)N1c1cccc(C(F)(F)F)c1. The highest BCUT2D eigenvalue weighted by molar-refractivity contribution is 7.89. The molecule has 2 amide bonds. The fraction of sp³-hybridized carbons (Fsp3) is 0.292. The second-order valence-corrected chi connectivity index (χ2v) is 9.87. The Kier molecular flexibility index (Phi) is 7.93. The highest BCUT2D eigenvalue weighted by atomic mass is 32.2. The number of carbonyl (C=O) groups excluding carboxylic acids is 1. The lowest BCUT2D eigenvalue weighted by atomic mass is 9.93. The molecule has 37 heavy (non-hydrogen) atoms. The van der Waals surface area contributed by atoms with Crippen LogP contribution in [0.3, 0.4) is 0 Å². The van der Waals surface area contributed by atoms with E-state index in [0.29, 0.717) is 0 Å². The molecule has 0 bridgehead atoms. The zero-order chi connectivity index (χ0) is 27.5. The minimum atomic E-state index is -4.66. The third-order valence-electron chi connectivity index (χ3n) is 5.78. The first kappa shape index (κ1) is 27.7. The van der Waals surface area contributed by atoms with Crippen LogP contribution in [0.25, 0.3) is 0 Å². The molecule has 0 saturated heterocycles. The summed E-state index contributed by atoms with van der Waals surface area (Å²) in [5.74, 6) is 0. The lowest BCUT2D eigenvalue weighted by molar-refractivity contribution is -0.137. The van der Waals surface area contributed by atoms with Gasteiger partial charge in [-0.1, -0.05) is 12.1 Å². The molecular weight excluding hydrogens is 511 g/mol. The molecule has 2 aromatic carbocycles. The Labute approximate surface area is 211 Å². The van der Waals surface area contributed by atoms with Crippen LogP contribution in [0, 0.1) is 22.7 Å². The van der Waals surface area contributed by atoms with Gasteiger partial charge in [0.05, 0.1) is 45.5 Å². The average Bonchev–Trinajstić information content (AvgIpc) is 2.85. The number of benzene rings is 2. The van der Waals surface area contributed by atoms with Crippen molar-refractivity contribution in [3.63, 3.8) is 0 Å². The number of allylic oxidation sites excluding steroid dienone is 1. The van der Waals surface area contributed by atoms with Crippen LogP contribution in [0.15, 0.2) is 58.6 Å². The summed E-state index contributed by atoms with van der Waals surface area (Å²) in [6.45, 7) is 1.02. The van der Waals surface area contributed by atoms with Crippen molar-refractivity contribution in [2.45, 2.75) is 30.5 Å². The van der Waals surface area contributed by atoms with Gasteiger partial charge >= 0.3 is 12.2 Å². The summed E-state index contributed by atoms with van der Waals surface area (Å²) in [6, 6.07) is 9.65. The minimum Gasteiger partial charge on any atom is -0.396 e. The summed E-state index contributed by atoms with van der Waals surface area (Å²) >= 11 is 0. The molecule has 9 nitrogen and oxygen atoms in total. The molecule has 2 aromatic rings. The number of nitrogens with one attached hydrogen (secondary N) is 1. The largest absolute Gasteiger partial charge is 0.416 e. The number of nitrogens with zero attached hydrogens (tertiary/aromatic N) is 4. The summed E-state index contributed by atoms with van der Waals surface area (Å²) in [4.78, 5) is 15.1. The molecule has 0 unspecified atom stereocenters. The lowest BCUT2D eigenvalue weighted by Gasteiger charge is -2.40. The molecule has 0 spiro atoms. The van der Waals surface area contributed by atoms with Gasteiger partial charge in [0.25, 0.3) is 0 Å². The fourth-order valence-electron chi connectivity index (χ4n) is 3.98. The van der Waals surface area contributed by atoms with Crippen LogP contribution in [0.1, 0.15) is 36.1 Å². The van der Waals surface area contributed by atoms with Crippen LogP contribution in [0.4, 0.5) is 23.7 Å². The molecule has 1 aliphatic rings. The standard InChI is InChI=1S/C24H22F3N5O4S/c1-15-20(14-29)22(19-8-7-16(13-28)11-21(19)37(35,36)30-9-4-10-33)31(2)23(34)32(15)18-6-3-5-17(12-18)24(25,26)27/h3,5-8,11-12,22,30,33H,4,9-10H2,1-2H3/t22-/m1/s1. The molecule has 0 radical (unpaired) electrons. The van der Waals surface area contributed by atoms with Crippen molar-refractivity contribution in [2.24, 2.45) is 0 Å². The number of urea groups is 1. The number of aliphatic hydroxyl groups is 1. The maximum absolute atomic E-state index is 13.4. The number of alkyl halides is 3. The van der Waals surface area contributed by atoms with Gasteiger partial charge < -0.3 is 10.0 Å². The number of nitriles is 2. The van der Waals surface area contributed by atoms with E-state index < -0.39 is 33.8 Å². The topological polar surface area (TPSA) is 138 Å². The normalized spacial score (nSPS) is 16.5. The molecule has 1 heterocycles. The van der Waals surface area contributed by atoms with Crippen LogP contribution in [-0.4, -0.2) is 44.7 Å².